The average molecular weight is 345 g/mol. The number of amides is 1. The zero-order valence-corrected chi connectivity index (χ0v) is 12.4. The Bertz CT molecular complexity index is 835. The Hall–Kier alpha value is -2.27. The number of aromatic nitrogens is 1. The molecule has 104 valence electrons. The zero-order chi connectivity index (χ0) is 14.8. The largest absolute Gasteiger partial charge is 0.306 e. The number of benzene rings is 2. The predicted molar refractivity (Wildman–Crippen MR) is 83.8 cm³/mol. The lowest BCUT2D eigenvalue weighted by molar-refractivity contribution is 0.102. The fraction of sp³-hybridized carbons (Fsp3) is 0. The lowest BCUT2D eigenvalue weighted by Crippen LogP contribution is -2.14. The minimum Gasteiger partial charge on any atom is -0.306 e. The monoisotopic (exact) mass is 344 g/mol. The van der Waals surface area contributed by atoms with Gasteiger partial charge in [0.15, 0.2) is 0 Å². The van der Waals surface area contributed by atoms with Crippen molar-refractivity contribution in [1.82, 2.24) is 4.98 Å². The smallest absolute Gasteiger partial charge is 0.257 e. The van der Waals surface area contributed by atoms with Gasteiger partial charge in [0.25, 0.3) is 5.91 Å². The molecule has 0 bridgehead atoms. The van der Waals surface area contributed by atoms with E-state index in [-0.39, 0.29) is 11.7 Å². The number of nitrogens with zero attached hydrogens (tertiary/aromatic N) is 1. The lowest BCUT2D eigenvalue weighted by atomic mass is 10.0. The molecule has 0 radical (unpaired) electrons. The van der Waals surface area contributed by atoms with Gasteiger partial charge in [0, 0.05) is 17.1 Å². The number of anilines is 1. The molecule has 1 heterocycles. The molecule has 0 atom stereocenters. The molecule has 3 nitrogen and oxygen atoms in total. The van der Waals surface area contributed by atoms with Crippen molar-refractivity contribution in [3.8, 4) is 0 Å². The predicted octanol–water partition coefficient (Wildman–Crippen LogP) is 4.39. The van der Waals surface area contributed by atoms with Crippen LogP contribution in [0, 0.1) is 5.82 Å². The number of rotatable bonds is 2. The molecule has 5 heteroatoms. The van der Waals surface area contributed by atoms with Crippen molar-refractivity contribution >= 4 is 38.4 Å². The average Bonchev–Trinajstić information content (AvgIpc) is 2.50. The lowest BCUT2D eigenvalue weighted by Gasteiger charge is -2.09. The van der Waals surface area contributed by atoms with Crippen LogP contribution in [-0.2, 0) is 0 Å². The van der Waals surface area contributed by atoms with Crippen LogP contribution in [0.5, 0.6) is 0 Å². The Kier molecular flexibility index (Phi) is 3.66. The molecule has 0 unspecified atom stereocenters. The summed E-state index contributed by atoms with van der Waals surface area (Å²) in [5.41, 5.74) is 0.407. The number of hydrogen-bond acceptors (Lipinski definition) is 2. The standard InChI is InChI=1S/C16H10BrFN2O/c17-13-6-3-9-19-15(13)20-16(21)12-7-8-14(18)11-5-2-1-4-10(11)12/h1-9H,(H,19,20,21). The molecule has 1 amide bonds. The maximum Gasteiger partial charge on any atom is 0.257 e. The number of pyridine rings is 1. The van der Waals surface area contributed by atoms with E-state index in [4.69, 9.17) is 0 Å². The highest BCUT2D eigenvalue weighted by atomic mass is 79.9. The minimum absolute atomic E-state index is 0.328. The molecule has 0 aliphatic heterocycles. The third-order valence-electron chi connectivity index (χ3n) is 3.11. The highest BCUT2D eigenvalue weighted by Gasteiger charge is 2.13. The van der Waals surface area contributed by atoms with Gasteiger partial charge in [0.1, 0.15) is 11.6 Å². The van der Waals surface area contributed by atoms with Gasteiger partial charge >= 0.3 is 0 Å². The van der Waals surface area contributed by atoms with E-state index < -0.39 is 0 Å². The number of hydrogen-bond donors (Lipinski definition) is 1. The molecule has 1 N–H and O–H groups in total. The van der Waals surface area contributed by atoms with Crippen LogP contribution in [-0.4, -0.2) is 10.9 Å². The van der Waals surface area contributed by atoms with Crippen LogP contribution in [0.1, 0.15) is 10.4 Å². The van der Waals surface area contributed by atoms with E-state index >= 15 is 0 Å². The molecule has 0 saturated heterocycles. The Morgan fingerprint density at radius 1 is 1.05 bits per heavy atom. The fourth-order valence-corrected chi connectivity index (χ4v) is 2.47. The van der Waals surface area contributed by atoms with Gasteiger partial charge < -0.3 is 5.32 Å². The first-order valence-corrected chi connectivity index (χ1v) is 7.05. The van der Waals surface area contributed by atoms with Crippen molar-refractivity contribution in [3.63, 3.8) is 0 Å². The highest BCUT2D eigenvalue weighted by molar-refractivity contribution is 9.10. The van der Waals surface area contributed by atoms with Crippen LogP contribution in [0.25, 0.3) is 10.8 Å². The zero-order valence-electron chi connectivity index (χ0n) is 10.8. The molecule has 0 saturated carbocycles. The van der Waals surface area contributed by atoms with E-state index in [1.807, 2.05) is 0 Å². The summed E-state index contributed by atoms with van der Waals surface area (Å²) in [6.45, 7) is 0. The van der Waals surface area contributed by atoms with Crippen molar-refractivity contribution in [2.24, 2.45) is 0 Å². The van der Waals surface area contributed by atoms with E-state index in [0.29, 0.717) is 26.6 Å². The number of halogens is 2. The molecule has 3 rings (SSSR count). The second-order valence-corrected chi connectivity index (χ2v) is 5.28. The van der Waals surface area contributed by atoms with Crippen molar-refractivity contribution in [1.29, 1.82) is 0 Å². The van der Waals surface area contributed by atoms with Gasteiger partial charge in [0.2, 0.25) is 0 Å². The SMILES string of the molecule is O=C(Nc1ncccc1Br)c1ccc(F)c2ccccc12. The molecule has 2 aromatic carbocycles. The van der Waals surface area contributed by atoms with Crippen molar-refractivity contribution < 1.29 is 9.18 Å². The van der Waals surface area contributed by atoms with E-state index in [0.717, 1.165) is 0 Å². The molecule has 0 fully saturated rings. The van der Waals surface area contributed by atoms with Gasteiger partial charge in [-0.3, -0.25) is 4.79 Å². The van der Waals surface area contributed by atoms with Crippen molar-refractivity contribution in [2.45, 2.75) is 0 Å². The first-order chi connectivity index (χ1) is 10.2. The molecular weight excluding hydrogens is 335 g/mol. The Balaban J connectivity index is 2.03. The van der Waals surface area contributed by atoms with E-state index in [9.17, 15) is 9.18 Å². The second kappa shape index (κ2) is 5.61. The van der Waals surface area contributed by atoms with Gasteiger partial charge in [-0.15, -0.1) is 0 Å². The molecule has 21 heavy (non-hydrogen) atoms. The summed E-state index contributed by atoms with van der Waals surface area (Å²) in [7, 11) is 0. The number of carbonyl (C=O) groups is 1. The Morgan fingerprint density at radius 2 is 1.81 bits per heavy atom. The maximum absolute atomic E-state index is 13.8. The van der Waals surface area contributed by atoms with Crippen LogP contribution in [0.4, 0.5) is 10.2 Å². The van der Waals surface area contributed by atoms with Gasteiger partial charge in [-0.1, -0.05) is 24.3 Å². The maximum atomic E-state index is 13.8. The summed E-state index contributed by atoms with van der Waals surface area (Å²) in [5, 5.41) is 3.71. The second-order valence-electron chi connectivity index (χ2n) is 4.43. The van der Waals surface area contributed by atoms with Crippen molar-refractivity contribution in [2.75, 3.05) is 5.32 Å². The van der Waals surface area contributed by atoms with E-state index in [1.54, 1.807) is 42.6 Å². The van der Waals surface area contributed by atoms with E-state index in [2.05, 4.69) is 26.2 Å². The van der Waals surface area contributed by atoms with Crippen LogP contribution >= 0.6 is 15.9 Å². The Morgan fingerprint density at radius 3 is 2.57 bits per heavy atom. The van der Waals surface area contributed by atoms with Gasteiger partial charge in [-0.2, -0.15) is 0 Å². The summed E-state index contributed by atoms with van der Waals surface area (Å²) in [6, 6.07) is 13.2. The quantitative estimate of drug-likeness (QED) is 0.749. The molecule has 0 spiro atoms. The summed E-state index contributed by atoms with van der Waals surface area (Å²) < 4.78 is 14.5. The molecule has 0 aliphatic carbocycles. The van der Waals surface area contributed by atoms with Gasteiger partial charge in [0.05, 0.1) is 4.47 Å². The Labute approximate surface area is 128 Å². The number of nitrogens with one attached hydrogen (secondary N) is 1. The molecule has 0 aliphatic rings. The molecule has 1 aromatic heterocycles. The summed E-state index contributed by atoms with van der Waals surface area (Å²) in [6.07, 6.45) is 1.59. The third-order valence-corrected chi connectivity index (χ3v) is 3.75. The fourth-order valence-electron chi connectivity index (χ4n) is 2.11. The van der Waals surface area contributed by atoms with Gasteiger partial charge in [-0.25, -0.2) is 9.37 Å². The van der Waals surface area contributed by atoms with E-state index in [1.165, 1.54) is 12.1 Å². The topological polar surface area (TPSA) is 42.0 Å². The number of carbonyl (C=O) groups excluding carboxylic acids is 1. The first-order valence-electron chi connectivity index (χ1n) is 6.26. The summed E-state index contributed by atoms with van der Waals surface area (Å²) in [5.74, 6) is -0.248. The summed E-state index contributed by atoms with van der Waals surface area (Å²) in [4.78, 5) is 16.5. The van der Waals surface area contributed by atoms with Crippen LogP contribution in [0.3, 0.4) is 0 Å². The van der Waals surface area contributed by atoms with Crippen LogP contribution < -0.4 is 5.32 Å². The first kappa shape index (κ1) is 13.7. The molecule has 3 aromatic rings. The van der Waals surface area contributed by atoms with Crippen LogP contribution in [0.15, 0.2) is 59.2 Å². The third kappa shape index (κ3) is 2.64. The number of fused-ring (bicyclic) bond motifs is 1. The summed E-state index contributed by atoms with van der Waals surface area (Å²) >= 11 is 3.32. The highest BCUT2D eigenvalue weighted by Crippen LogP contribution is 2.24. The normalized spacial score (nSPS) is 10.6. The van der Waals surface area contributed by atoms with Crippen LogP contribution in [0.2, 0.25) is 0 Å². The molecular formula is C16H10BrFN2O. The van der Waals surface area contributed by atoms with Crippen molar-refractivity contribution in [3.05, 3.63) is 70.6 Å². The minimum atomic E-state index is -0.346. The van der Waals surface area contributed by atoms with Gasteiger partial charge in [-0.05, 0) is 45.6 Å².